The van der Waals surface area contributed by atoms with Crippen LogP contribution >= 0.6 is 38.9 Å². The molecule has 3 nitrogen and oxygen atoms in total. The smallest absolute Gasteiger partial charge is 0.163 e. The first-order chi connectivity index (χ1) is 9.63. The van der Waals surface area contributed by atoms with E-state index in [9.17, 15) is 0 Å². The third-order valence-electron chi connectivity index (χ3n) is 3.02. The SMILES string of the molecule is CC(Nc1cc2c(cc1Br)OCCO2)c1ccc(Cl)s1. The van der Waals surface area contributed by atoms with E-state index in [1.807, 2.05) is 24.3 Å². The highest BCUT2D eigenvalue weighted by Gasteiger charge is 2.16. The molecule has 0 bridgehead atoms. The summed E-state index contributed by atoms with van der Waals surface area (Å²) in [5, 5.41) is 3.46. The number of anilines is 1. The molecular weight excluding hydrogens is 362 g/mol. The molecule has 1 aliphatic rings. The Morgan fingerprint density at radius 2 is 1.95 bits per heavy atom. The fourth-order valence-electron chi connectivity index (χ4n) is 2.04. The Morgan fingerprint density at radius 3 is 2.60 bits per heavy atom. The quantitative estimate of drug-likeness (QED) is 0.810. The van der Waals surface area contributed by atoms with Gasteiger partial charge in [-0.2, -0.15) is 0 Å². The lowest BCUT2D eigenvalue weighted by Gasteiger charge is -2.21. The first kappa shape index (κ1) is 14.0. The van der Waals surface area contributed by atoms with Gasteiger partial charge in [-0.25, -0.2) is 0 Å². The van der Waals surface area contributed by atoms with Gasteiger partial charge in [0.2, 0.25) is 0 Å². The van der Waals surface area contributed by atoms with Crippen molar-refractivity contribution in [2.24, 2.45) is 0 Å². The lowest BCUT2D eigenvalue weighted by Crippen LogP contribution is -2.16. The molecule has 1 atom stereocenters. The van der Waals surface area contributed by atoms with Crippen LogP contribution in [0.1, 0.15) is 17.8 Å². The number of ether oxygens (including phenoxy) is 2. The molecular formula is C14H13BrClNO2S. The molecule has 0 saturated carbocycles. The number of fused-ring (bicyclic) bond motifs is 1. The van der Waals surface area contributed by atoms with Crippen LogP contribution in [0.4, 0.5) is 5.69 Å². The van der Waals surface area contributed by atoms with E-state index in [0.717, 1.165) is 26.0 Å². The molecule has 1 N–H and O–H groups in total. The molecule has 0 aliphatic carbocycles. The molecule has 0 spiro atoms. The zero-order valence-electron chi connectivity index (χ0n) is 10.8. The lowest BCUT2D eigenvalue weighted by molar-refractivity contribution is 0.171. The molecule has 0 amide bonds. The van der Waals surface area contributed by atoms with Crippen LogP contribution < -0.4 is 14.8 Å². The summed E-state index contributed by atoms with van der Waals surface area (Å²) in [4.78, 5) is 1.19. The molecule has 3 rings (SSSR count). The Morgan fingerprint density at radius 1 is 1.25 bits per heavy atom. The number of nitrogens with one attached hydrogen (secondary N) is 1. The summed E-state index contributed by atoms with van der Waals surface area (Å²) in [6, 6.07) is 8.02. The summed E-state index contributed by atoms with van der Waals surface area (Å²) >= 11 is 11.1. The van der Waals surface area contributed by atoms with Crippen molar-refractivity contribution >= 4 is 44.6 Å². The van der Waals surface area contributed by atoms with Gasteiger partial charge in [-0.3, -0.25) is 0 Å². The molecule has 2 heterocycles. The van der Waals surface area contributed by atoms with Crippen LogP contribution in [-0.4, -0.2) is 13.2 Å². The van der Waals surface area contributed by atoms with Crippen LogP contribution in [0.3, 0.4) is 0 Å². The van der Waals surface area contributed by atoms with Crippen molar-refractivity contribution in [1.82, 2.24) is 0 Å². The fraction of sp³-hybridized carbons (Fsp3) is 0.286. The molecule has 1 aromatic heterocycles. The largest absolute Gasteiger partial charge is 0.486 e. The second kappa shape index (κ2) is 5.84. The Hall–Kier alpha value is -0.910. The lowest BCUT2D eigenvalue weighted by atomic mass is 10.2. The summed E-state index contributed by atoms with van der Waals surface area (Å²) in [5.74, 6) is 1.55. The molecule has 1 aromatic carbocycles. The van der Waals surface area contributed by atoms with Crippen LogP contribution in [0.5, 0.6) is 11.5 Å². The number of halogens is 2. The van der Waals surface area contributed by atoms with E-state index < -0.39 is 0 Å². The van der Waals surface area contributed by atoms with Gasteiger partial charge >= 0.3 is 0 Å². The van der Waals surface area contributed by atoms with Gasteiger partial charge in [0.1, 0.15) is 13.2 Å². The van der Waals surface area contributed by atoms with Gasteiger partial charge in [0.05, 0.1) is 16.1 Å². The Balaban J connectivity index is 1.83. The van der Waals surface area contributed by atoms with Gasteiger partial charge in [-0.15, -0.1) is 11.3 Å². The maximum atomic E-state index is 5.98. The normalized spacial score (nSPS) is 14.9. The summed E-state index contributed by atoms with van der Waals surface area (Å²) in [6.45, 7) is 3.28. The zero-order valence-corrected chi connectivity index (χ0v) is 13.9. The monoisotopic (exact) mass is 373 g/mol. The second-order valence-electron chi connectivity index (χ2n) is 4.48. The van der Waals surface area contributed by atoms with Gasteiger partial charge in [0.15, 0.2) is 11.5 Å². The van der Waals surface area contributed by atoms with E-state index in [1.165, 1.54) is 4.88 Å². The highest BCUT2D eigenvalue weighted by molar-refractivity contribution is 9.10. The maximum absolute atomic E-state index is 5.98. The van der Waals surface area contributed by atoms with Crippen LogP contribution in [0.2, 0.25) is 4.34 Å². The van der Waals surface area contributed by atoms with Crippen LogP contribution in [0, 0.1) is 0 Å². The van der Waals surface area contributed by atoms with Gasteiger partial charge in [0, 0.05) is 21.5 Å². The minimum atomic E-state index is 0.173. The van der Waals surface area contributed by atoms with E-state index in [2.05, 4.69) is 28.2 Å². The Labute approximate surface area is 135 Å². The van der Waals surface area contributed by atoms with Gasteiger partial charge in [-0.1, -0.05) is 11.6 Å². The first-order valence-electron chi connectivity index (χ1n) is 6.24. The minimum absolute atomic E-state index is 0.173. The summed E-state index contributed by atoms with van der Waals surface area (Å²) in [7, 11) is 0. The van der Waals surface area contributed by atoms with Crippen molar-refractivity contribution in [2.45, 2.75) is 13.0 Å². The second-order valence-corrected chi connectivity index (χ2v) is 7.08. The van der Waals surface area contributed by atoms with Crippen LogP contribution in [0.25, 0.3) is 0 Å². The van der Waals surface area contributed by atoms with E-state index in [4.69, 9.17) is 21.1 Å². The molecule has 6 heteroatoms. The predicted molar refractivity (Wildman–Crippen MR) is 86.5 cm³/mol. The minimum Gasteiger partial charge on any atom is -0.486 e. The summed E-state index contributed by atoms with van der Waals surface area (Å²) < 4.78 is 12.9. The van der Waals surface area contributed by atoms with Crippen molar-refractivity contribution in [3.8, 4) is 11.5 Å². The molecule has 0 saturated heterocycles. The van der Waals surface area contributed by atoms with E-state index >= 15 is 0 Å². The Kier molecular flexibility index (Phi) is 4.10. The molecule has 2 aromatic rings. The van der Waals surface area contributed by atoms with Crippen LogP contribution in [0.15, 0.2) is 28.7 Å². The van der Waals surface area contributed by atoms with Crippen molar-refractivity contribution in [1.29, 1.82) is 0 Å². The van der Waals surface area contributed by atoms with E-state index in [0.29, 0.717) is 13.2 Å². The van der Waals surface area contributed by atoms with E-state index in [1.54, 1.807) is 11.3 Å². The van der Waals surface area contributed by atoms with Gasteiger partial charge in [-0.05, 0) is 35.0 Å². The maximum Gasteiger partial charge on any atom is 0.163 e. The van der Waals surface area contributed by atoms with Crippen molar-refractivity contribution in [3.63, 3.8) is 0 Å². The Bertz CT molecular complexity index is 632. The van der Waals surface area contributed by atoms with Gasteiger partial charge in [0.25, 0.3) is 0 Å². The topological polar surface area (TPSA) is 30.5 Å². The average Bonchev–Trinajstić information content (AvgIpc) is 2.86. The molecule has 1 aliphatic heterocycles. The van der Waals surface area contributed by atoms with Crippen molar-refractivity contribution < 1.29 is 9.47 Å². The van der Waals surface area contributed by atoms with Gasteiger partial charge < -0.3 is 14.8 Å². The molecule has 106 valence electrons. The molecule has 20 heavy (non-hydrogen) atoms. The number of hydrogen-bond donors (Lipinski definition) is 1. The predicted octanol–water partition coefficient (Wildman–Crippen LogP) is 5.11. The highest BCUT2D eigenvalue weighted by Crippen LogP contribution is 2.39. The third kappa shape index (κ3) is 2.90. The van der Waals surface area contributed by atoms with Crippen molar-refractivity contribution in [3.05, 3.63) is 38.0 Å². The molecule has 0 radical (unpaired) electrons. The summed E-state index contributed by atoms with van der Waals surface area (Å²) in [6.07, 6.45) is 0. The number of benzene rings is 1. The zero-order chi connectivity index (χ0) is 14.1. The number of hydrogen-bond acceptors (Lipinski definition) is 4. The highest BCUT2D eigenvalue weighted by atomic mass is 79.9. The van der Waals surface area contributed by atoms with Crippen LogP contribution in [-0.2, 0) is 0 Å². The summed E-state index contributed by atoms with van der Waals surface area (Å²) in [5.41, 5.74) is 0.978. The fourth-order valence-corrected chi connectivity index (χ4v) is 3.54. The van der Waals surface area contributed by atoms with Crippen molar-refractivity contribution in [2.75, 3.05) is 18.5 Å². The third-order valence-corrected chi connectivity index (χ3v) is 5.09. The average molecular weight is 375 g/mol. The number of rotatable bonds is 3. The first-order valence-corrected chi connectivity index (χ1v) is 8.23. The molecule has 0 fully saturated rings. The standard InChI is InChI=1S/C14H13BrClNO2S/c1-8(13-2-3-14(16)20-13)17-10-7-12-11(6-9(10)15)18-4-5-19-12/h2-3,6-8,17H,4-5H2,1H3. The number of thiophene rings is 1. The molecule has 1 unspecified atom stereocenters. The van der Waals surface area contributed by atoms with E-state index in [-0.39, 0.29) is 6.04 Å².